The van der Waals surface area contributed by atoms with Gasteiger partial charge in [-0.15, -0.1) is 0 Å². The molecule has 126 valence electrons. The molecule has 0 spiro atoms. The summed E-state index contributed by atoms with van der Waals surface area (Å²) in [5, 5.41) is 0. The zero-order chi connectivity index (χ0) is 15.4. The molecule has 0 aromatic heterocycles. The number of halogens is 2. The van der Waals surface area contributed by atoms with Gasteiger partial charge < -0.3 is 0 Å². The van der Waals surface area contributed by atoms with Crippen molar-refractivity contribution >= 4 is 18.6 Å². The van der Waals surface area contributed by atoms with Gasteiger partial charge in [-0.1, -0.05) is 0 Å². The van der Waals surface area contributed by atoms with E-state index in [2.05, 4.69) is 51.2 Å². The van der Waals surface area contributed by atoms with Gasteiger partial charge in [0.2, 0.25) is 0 Å². The van der Waals surface area contributed by atoms with Gasteiger partial charge in [-0.3, -0.25) is 0 Å². The van der Waals surface area contributed by atoms with E-state index in [1.807, 2.05) is 0 Å². The number of alkyl halides is 1. The molecule has 0 amide bonds. The van der Waals surface area contributed by atoms with Crippen LogP contribution in [0.4, 0.5) is 0 Å². The molecule has 2 rings (SSSR count). The summed E-state index contributed by atoms with van der Waals surface area (Å²) >= 11 is 3.13. The Morgan fingerprint density at radius 1 is 1.10 bits per heavy atom. The van der Waals surface area contributed by atoms with E-state index in [1.165, 1.54) is 45.1 Å². The van der Waals surface area contributed by atoms with Crippen molar-refractivity contribution in [1.29, 1.82) is 0 Å². The van der Waals surface area contributed by atoms with E-state index in [9.17, 15) is 0 Å². The van der Waals surface area contributed by atoms with E-state index in [4.69, 9.17) is 4.74 Å². The third-order valence-corrected chi connectivity index (χ3v) is 11.5. The van der Waals surface area contributed by atoms with Crippen LogP contribution in [0.25, 0.3) is 0 Å². The summed E-state index contributed by atoms with van der Waals surface area (Å²) in [6.07, 6.45) is 9.27. The molecule has 0 N–H and O–H groups in total. The van der Waals surface area contributed by atoms with Crippen LogP contribution in [0.3, 0.4) is 0 Å². The molecule has 1 saturated heterocycles. The van der Waals surface area contributed by atoms with E-state index in [0.29, 0.717) is 41.5 Å². The van der Waals surface area contributed by atoms with Crippen LogP contribution in [-0.4, -0.2) is 39.7 Å². The molecule has 0 radical (unpaired) electrons. The number of piperidine rings is 1. The first-order valence-electron chi connectivity index (χ1n) is 8.65. The van der Waals surface area contributed by atoms with Crippen LogP contribution in [0.1, 0.15) is 66.2 Å². The van der Waals surface area contributed by atoms with E-state index in [-0.39, 0.29) is 0 Å². The SMILES string of the molecule is CC(C)OC1C[C@H](C)N(CC2CCC([I-]I)CC2)[C@@H](C)C1. The molecule has 1 heterocycles. The summed E-state index contributed by atoms with van der Waals surface area (Å²) in [5.74, 6) is 0.959. The molecule has 1 aliphatic carbocycles. The summed E-state index contributed by atoms with van der Waals surface area (Å²) in [6, 6.07) is 1.37. The van der Waals surface area contributed by atoms with Gasteiger partial charge in [-0.2, -0.15) is 0 Å². The Morgan fingerprint density at radius 3 is 2.14 bits per heavy atom. The molecule has 0 unspecified atom stereocenters. The van der Waals surface area contributed by atoms with Gasteiger partial charge in [0.15, 0.2) is 0 Å². The monoisotopic (exact) mass is 520 g/mol. The molecular formula is C17H32I2NO-. The van der Waals surface area contributed by atoms with Crippen LogP contribution in [0.2, 0.25) is 0 Å². The molecule has 2 fully saturated rings. The van der Waals surface area contributed by atoms with E-state index in [0.717, 1.165) is 9.84 Å². The van der Waals surface area contributed by atoms with Crippen molar-refractivity contribution in [3.05, 3.63) is 0 Å². The molecule has 0 aromatic rings. The van der Waals surface area contributed by atoms with Crippen LogP contribution in [0.5, 0.6) is 0 Å². The van der Waals surface area contributed by atoms with Crippen LogP contribution in [0.15, 0.2) is 0 Å². The molecule has 1 saturated carbocycles. The summed E-state index contributed by atoms with van der Waals surface area (Å²) in [5.41, 5.74) is 0. The van der Waals surface area contributed by atoms with Crippen molar-refractivity contribution in [1.82, 2.24) is 4.90 Å². The predicted octanol–water partition coefficient (Wildman–Crippen LogP) is 1.65. The van der Waals surface area contributed by atoms with Crippen LogP contribution in [0, 0.1) is 5.92 Å². The summed E-state index contributed by atoms with van der Waals surface area (Å²) in [4.78, 5) is 2.78. The van der Waals surface area contributed by atoms with E-state index < -0.39 is 0 Å². The number of rotatable bonds is 5. The van der Waals surface area contributed by atoms with Gasteiger partial charge in [0, 0.05) is 0 Å². The van der Waals surface area contributed by atoms with Gasteiger partial charge in [0.25, 0.3) is 0 Å². The Hall–Kier alpha value is 1.38. The summed E-state index contributed by atoms with van der Waals surface area (Å²) < 4.78 is 7.19. The Labute approximate surface area is 151 Å². The number of nitrogens with zero attached hydrogens (tertiary/aromatic N) is 1. The number of hydrogen-bond acceptors (Lipinski definition) is 2. The molecule has 4 heteroatoms. The van der Waals surface area contributed by atoms with Crippen LogP contribution < -0.4 is 17.2 Å². The third-order valence-electron chi connectivity index (χ3n) is 5.17. The van der Waals surface area contributed by atoms with Crippen molar-refractivity contribution < 1.29 is 22.0 Å². The Balaban J connectivity index is 1.81. The van der Waals surface area contributed by atoms with Crippen LogP contribution in [-0.2, 0) is 4.74 Å². The number of ether oxygens (including phenoxy) is 1. The second-order valence-electron chi connectivity index (χ2n) is 7.37. The maximum absolute atomic E-state index is 6.08. The zero-order valence-electron chi connectivity index (χ0n) is 14.0. The molecule has 0 aromatic carbocycles. The molecule has 2 aliphatic rings. The quantitative estimate of drug-likeness (QED) is 0.404. The predicted molar refractivity (Wildman–Crippen MR) is 94.6 cm³/mol. The fraction of sp³-hybridized carbons (Fsp3) is 1.00. The molecule has 0 bridgehead atoms. The fourth-order valence-corrected chi connectivity index (χ4v) is 8.45. The first kappa shape index (κ1) is 18.7. The molecule has 21 heavy (non-hydrogen) atoms. The van der Waals surface area contributed by atoms with Crippen molar-refractivity contribution in [3.8, 4) is 0 Å². The van der Waals surface area contributed by atoms with Crippen molar-refractivity contribution in [3.63, 3.8) is 0 Å². The Morgan fingerprint density at radius 2 is 1.67 bits per heavy atom. The number of hydrogen-bond donors (Lipinski definition) is 0. The minimum atomic E-state index is 0.368. The average Bonchev–Trinajstić information content (AvgIpc) is 2.43. The van der Waals surface area contributed by atoms with E-state index >= 15 is 0 Å². The topological polar surface area (TPSA) is 12.5 Å². The molecule has 1 aliphatic heterocycles. The third kappa shape index (κ3) is 5.75. The average molecular weight is 520 g/mol. The first-order valence-corrected chi connectivity index (χ1v) is 16.2. The van der Waals surface area contributed by atoms with E-state index in [1.54, 1.807) is 0 Å². The Bertz CT molecular complexity index is 293. The maximum atomic E-state index is 6.08. The zero-order valence-corrected chi connectivity index (χ0v) is 18.3. The molecular weight excluding hydrogens is 488 g/mol. The molecule has 2 nitrogen and oxygen atoms in total. The van der Waals surface area contributed by atoms with Crippen molar-refractivity contribution in [2.24, 2.45) is 5.92 Å². The summed E-state index contributed by atoms with van der Waals surface area (Å²) in [6.45, 7) is 10.5. The standard InChI is InChI=1S/C17H32I2NO/c1-12(2)21-17-9-13(3)20(14(4)10-17)11-15-5-7-16(19-18)8-6-15/h12-17H,5-11H2,1-4H3/q-1/t13-,14-,15?,16?/m0/s1. The van der Waals surface area contributed by atoms with Gasteiger partial charge >= 0.3 is 152 Å². The van der Waals surface area contributed by atoms with Gasteiger partial charge in [0.1, 0.15) is 0 Å². The van der Waals surface area contributed by atoms with Gasteiger partial charge in [0.05, 0.1) is 0 Å². The second kappa shape index (κ2) is 9.02. The fourth-order valence-electron chi connectivity index (χ4n) is 4.10. The first-order chi connectivity index (χ1) is 9.99. The number of likely N-dealkylation sites (tertiary alicyclic amines) is 1. The normalized spacial score (nSPS) is 39.0. The summed E-state index contributed by atoms with van der Waals surface area (Å²) in [7, 11) is 0. The van der Waals surface area contributed by atoms with Crippen LogP contribution >= 0.6 is 18.6 Å². The van der Waals surface area contributed by atoms with Gasteiger partial charge in [-0.05, 0) is 0 Å². The minimum absolute atomic E-state index is 0.368. The Kier molecular flexibility index (Phi) is 8.04. The van der Waals surface area contributed by atoms with Crippen molar-refractivity contribution in [2.75, 3.05) is 6.54 Å². The van der Waals surface area contributed by atoms with Gasteiger partial charge in [-0.25, -0.2) is 0 Å². The molecule has 2 atom stereocenters. The van der Waals surface area contributed by atoms with Crippen molar-refractivity contribution in [2.45, 2.75) is 94.4 Å². The second-order valence-corrected chi connectivity index (χ2v) is 12.8.